The van der Waals surface area contributed by atoms with E-state index < -0.39 is 0 Å². The summed E-state index contributed by atoms with van der Waals surface area (Å²) in [5, 5.41) is 17.5. The van der Waals surface area contributed by atoms with Gasteiger partial charge in [0.25, 0.3) is 0 Å². The maximum Gasteiger partial charge on any atom is 0.163 e. The quantitative estimate of drug-likeness (QED) is 0.672. The Bertz CT molecular complexity index is 677. The first-order valence-electron chi connectivity index (χ1n) is 4.83. The predicted molar refractivity (Wildman–Crippen MR) is 56.4 cm³/mol. The van der Waals surface area contributed by atoms with Gasteiger partial charge in [-0.2, -0.15) is 0 Å². The van der Waals surface area contributed by atoms with Crippen molar-refractivity contribution in [3.05, 3.63) is 42.0 Å². The fraction of sp³-hybridized carbons (Fsp3) is 0.0909. The van der Waals surface area contributed by atoms with Crippen LogP contribution < -0.4 is 0 Å². The van der Waals surface area contributed by atoms with Gasteiger partial charge in [0, 0.05) is 5.39 Å². The van der Waals surface area contributed by atoms with E-state index >= 15 is 0 Å². The third kappa shape index (κ3) is 1.12. The second-order valence-electron chi connectivity index (χ2n) is 3.48. The van der Waals surface area contributed by atoms with Crippen molar-refractivity contribution in [3.8, 4) is 0 Å². The number of aliphatic hydroxyl groups excluding tert-OH is 1. The molecule has 0 amide bonds. The minimum atomic E-state index is -0.349. The van der Waals surface area contributed by atoms with Gasteiger partial charge in [-0.1, -0.05) is 12.1 Å². The Balaban J connectivity index is 2.60. The first-order chi connectivity index (χ1) is 7.81. The number of fused-ring (bicyclic) bond motifs is 3. The highest BCUT2D eigenvalue weighted by Crippen LogP contribution is 2.20. The van der Waals surface area contributed by atoms with Crippen LogP contribution in [0.2, 0.25) is 0 Å². The zero-order valence-electron chi connectivity index (χ0n) is 8.26. The summed E-state index contributed by atoms with van der Waals surface area (Å²) in [7, 11) is 0. The fourth-order valence-corrected chi connectivity index (χ4v) is 1.85. The van der Waals surface area contributed by atoms with Gasteiger partial charge in [0.2, 0.25) is 0 Å². The molecule has 5 heteroatoms. The molecule has 0 fully saturated rings. The lowest BCUT2D eigenvalue weighted by molar-refractivity contribution is 0.270. The van der Waals surface area contributed by atoms with Crippen LogP contribution in [-0.2, 0) is 6.61 Å². The fourth-order valence-electron chi connectivity index (χ4n) is 1.85. The van der Waals surface area contributed by atoms with Gasteiger partial charge in [-0.05, 0) is 18.2 Å². The molecular formula is C11H8FN3O. The Morgan fingerprint density at radius 1 is 1.19 bits per heavy atom. The summed E-state index contributed by atoms with van der Waals surface area (Å²) in [6, 6.07) is 8.35. The molecule has 3 aromatic rings. The lowest BCUT2D eigenvalue weighted by atomic mass is 10.2. The molecule has 0 aliphatic rings. The number of pyridine rings is 1. The molecule has 0 saturated heterocycles. The molecular weight excluding hydrogens is 209 g/mol. The van der Waals surface area contributed by atoms with Crippen molar-refractivity contribution in [2.45, 2.75) is 6.61 Å². The highest BCUT2D eigenvalue weighted by Gasteiger charge is 2.10. The number of hydrogen-bond donors (Lipinski definition) is 1. The van der Waals surface area contributed by atoms with Gasteiger partial charge in [0.05, 0.1) is 5.52 Å². The van der Waals surface area contributed by atoms with Crippen molar-refractivity contribution in [3.63, 3.8) is 0 Å². The molecule has 2 heterocycles. The van der Waals surface area contributed by atoms with Crippen LogP contribution >= 0.6 is 0 Å². The molecule has 3 rings (SSSR count). The van der Waals surface area contributed by atoms with Gasteiger partial charge < -0.3 is 5.11 Å². The number of rotatable bonds is 1. The summed E-state index contributed by atoms with van der Waals surface area (Å²) in [6.07, 6.45) is 0. The van der Waals surface area contributed by atoms with Crippen molar-refractivity contribution in [2.75, 3.05) is 0 Å². The monoisotopic (exact) mass is 217 g/mol. The zero-order valence-corrected chi connectivity index (χ0v) is 8.26. The smallest absolute Gasteiger partial charge is 0.163 e. The molecule has 80 valence electrons. The van der Waals surface area contributed by atoms with Crippen LogP contribution in [0.25, 0.3) is 16.6 Å². The van der Waals surface area contributed by atoms with E-state index in [1.165, 1.54) is 10.5 Å². The zero-order chi connectivity index (χ0) is 11.1. The second-order valence-corrected chi connectivity index (χ2v) is 3.48. The molecule has 1 N–H and O–H groups in total. The summed E-state index contributed by atoms with van der Waals surface area (Å²) in [5.74, 6) is -0.0108. The Kier molecular flexibility index (Phi) is 1.87. The normalized spacial score (nSPS) is 11.4. The summed E-state index contributed by atoms with van der Waals surface area (Å²) < 4.78 is 15.3. The van der Waals surface area contributed by atoms with Crippen molar-refractivity contribution in [1.29, 1.82) is 0 Å². The van der Waals surface area contributed by atoms with E-state index in [0.717, 1.165) is 5.39 Å². The number of halogens is 1. The number of aromatic nitrogens is 3. The first kappa shape index (κ1) is 9.23. The average molecular weight is 217 g/mol. The molecule has 0 radical (unpaired) electrons. The van der Waals surface area contributed by atoms with Crippen LogP contribution in [0.3, 0.4) is 0 Å². The number of aliphatic hydroxyl groups is 1. The van der Waals surface area contributed by atoms with Gasteiger partial charge >= 0.3 is 0 Å². The van der Waals surface area contributed by atoms with Crippen LogP contribution in [0, 0.1) is 5.82 Å². The molecule has 0 aliphatic heterocycles. The van der Waals surface area contributed by atoms with E-state index in [2.05, 4.69) is 10.2 Å². The lowest BCUT2D eigenvalue weighted by Crippen LogP contribution is -1.97. The Morgan fingerprint density at radius 2 is 2.06 bits per heavy atom. The number of nitrogens with zero attached hydrogens (tertiary/aromatic N) is 3. The number of benzene rings is 1. The molecule has 0 saturated carbocycles. The summed E-state index contributed by atoms with van der Waals surface area (Å²) in [6.45, 7) is -0.269. The van der Waals surface area contributed by atoms with E-state index in [-0.39, 0.29) is 12.4 Å². The Morgan fingerprint density at radius 3 is 2.88 bits per heavy atom. The van der Waals surface area contributed by atoms with Crippen LogP contribution in [0.4, 0.5) is 4.39 Å². The minimum absolute atomic E-state index is 0.269. The SMILES string of the molecule is OCc1nnc2ccc3cccc(F)c3n12. The van der Waals surface area contributed by atoms with Gasteiger partial charge in [-0.15, -0.1) is 10.2 Å². The van der Waals surface area contributed by atoms with E-state index in [1.807, 2.05) is 0 Å². The maximum absolute atomic E-state index is 13.8. The summed E-state index contributed by atoms with van der Waals surface area (Å²) in [5.41, 5.74) is 0.927. The van der Waals surface area contributed by atoms with Crippen molar-refractivity contribution in [2.24, 2.45) is 0 Å². The predicted octanol–water partition coefficient (Wildman–Crippen LogP) is 1.51. The molecule has 16 heavy (non-hydrogen) atoms. The molecule has 4 nitrogen and oxygen atoms in total. The lowest BCUT2D eigenvalue weighted by Gasteiger charge is -2.04. The Labute approximate surface area is 90.0 Å². The molecule has 0 bridgehead atoms. The largest absolute Gasteiger partial charge is 0.388 e. The number of hydrogen-bond acceptors (Lipinski definition) is 3. The molecule has 0 unspecified atom stereocenters. The maximum atomic E-state index is 13.8. The van der Waals surface area contributed by atoms with Crippen LogP contribution in [0.1, 0.15) is 5.82 Å². The summed E-state index contributed by atoms with van der Waals surface area (Å²) >= 11 is 0. The van der Waals surface area contributed by atoms with Crippen molar-refractivity contribution >= 4 is 16.6 Å². The van der Waals surface area contributed by atoms with Gasteiger partial charge in [-0.25, -0.2) is 4.39 Å². The molecule has 0 spiro atoms. The number of para-hydroxylation sites is 1. The van der Waals surface area contributed by atoms with Gasteiger partial charge in [0.15, 0.2) is 11.5 Å². The third-order valence-corrected chi connectivity index (χ3v) is 2.55. The molecule has 2 aromatic heterocycles. The topological polar surface area (TPSA) is 50.4 Å². The average Bonchev–Trinajstić information content (AvgIpc) is 2.72. The molecule has 1 aromatic carbocycles. The van der Waals surface area contributed by atoms with Gasteiger partial charge in [0.1, 0.15) is 12.4 Å². The minimum Gasteiger partial charge on any atom is -0.388 e. The van der Waals surface area contributed by atoms with E-state index in [4.69, 9.17) is 5.11 Å². The third-order valence-electron chi connectivity index (χ3n) is 2.55. The van der Waals surface area contributed by atoms with Crippen LogP contribution in [0.5, 0.6) is 0 Å². The highest BCUT2D eigenvalue weighted by molar-refractivity contribution is 5.82. The van der Waals surface area contributed by atoms with Crippen LogP contribution in [-0.4, -0.2) is 19.7 Å². The van der Waals surface area contributed by atoms with E-state index in [0.29, 0.717) is 17.0 Å². The molecule has 0 aliphatic carbocycles. The van der Waals surface area contributed by atoms with E-state index in [9.17, 15) is 4.39 Å². The van der Waals surface area contributed by atoms with Gasteiger partial charge in [-0.3, -0.25) is 4.40 Å². The second kappa shape index (κ2) is 3.24. The summed E-state index contributed by atoms with van der Waals surface area (Å²) in [4.78, 5) is 0. The van der Waals surface area contributed by atoms with Crippen molar-refractivity contribution < 1.29 is 9.50 Å². The molecule has 0 atom stereocenters. The first-order valence-corrected chi connectivity index (χ1v) is 4.83. The van der Waals surface area contributed by atoms with Crippen LogP contribution in [0.15, 0.2) is 30.3 Å². The highest BCUT2D eigenvalue weighted by atomic mass is 19.1. The van der Waals surface area contributed by atoms with E-state index in [1.54, 1.807) is 24.3 Å². The van der Waals surface area contributed by atoms with Crippen molar-refractivity contribution in [1.82, 2.24) is 14.6 Å². The standard InChI is InChI=1S/C11H8FN3O/c12-8-3-1-2-7-4-5-9-13-14-10(6-16)15(9)11(7)8/h1-5,16H,6H2. The Hall–Kier alpha value is -2.01.